The van der Waals surface area contributed by atoms with Gasteiger partial charge in [0.05, 0.1) is 10.9 Å². The molecule has 0 radical (unpaired) electrons. The van der Waals surface area contributed by atoms with E-state index in [1.807, 2.05) is 12.3 Å². The quantitative estimate of drug-likeness (QED) is 0.304. The van der Waals surface area contributed by atoms with Crippen LogP contribution in [0.25, 0.3) is 50.3 Å². The maximum absolute atomic E-state index is 5.00. The molecule has 6 aromatic rings. The Balaban J connectivity index is 1.47. The summed E-state index contributed by atoms with van der Waals surface area (Å²) in [6, 6.07) is 37.1. The van der Waals surface area contributed by atoms with E-state index in [-0.39, 0.29) is 0 Å². The van der Waals surface area contributed by atoms with Crippen LogP contribution in [0.4, 0.5) is 0 Å². The van der Waals surface area contributed by atoms with Crippen LogP contribution < -0.4 is 10.6 Å². The predicted octanol–water partition coefficient (Wildman–Crippen LogP) is 6.33. The maximum Gasteiger partial charge on any atom is 0.137 e. The van der Waals surface area contributed by atoms with Crippen molar-refractivity contribution in [2.75, 3.05) is 0 Å². The first-order valence-corrected chi connectivity index (χ1v) is 12.3. The van der Waals surface area contributed by atoms with E-state index in [9.17, 15) is 0 Å². The fraction of sp³-hybridized carbons (Fsp3) is 0.0606. The summed E-state index contributed by atoms with van der Waals surface area (Å²) in [6.07, 6.45) is 5.49. The van der Waals surface area contributed by atoms with E-state index in [0.29, 0.717) is 5.92 Å². The van der Waals surface area contributed by atoms with Gasteiger partial charge in [-0.05, 0) is 57.7 Å². The highest BCUT2D eigenvalue weighted by molar-refractivity contribution is 6.04. The second kappa shape index (κ2) is 7.04. The molecule has 0 saturated heterocycles. The number of para-hydroxylation sites is 1. The van der Waals surface area contributed by atoms with Crippen LogP contribution in [0.3, 0.4) is 0 Å². The highest BCUT2D eigenvalue weighted by Gasteiger charge is 2.32. The summed E-state index contributed by atoms with van der Waals surface area (Å²) in [5.41, 5.74) is 7.81. The third kappa shape index (κ3) is 2.57. The van der Waals surface area contributed by atoms with Crippen molar-refractivity contribution in [2.45, 2.75) is 12.3 Å². The highest BCUT2D eigenvalue weighted by Crippen LogP contribution is 2.47. The zero-order chi connectivity index (χ0) is 22.9. The molecule has 1 unspecified atom stereocenters. The van der Waals surface area contributed by atoms with Gasteiger partial charge in [0.15, 0.2) is 0 Å². The van der Waals surface area contributed by atoms with Gasteiger partial charge in [-0.25, -0.2) is 4.98 Å². The molecule has 0 fully saturated rings. The van der Waals surface area contributed by atoms with Crippen molar-refractivity contribution >= 4 is 33.3 Å². The minimum atomic E-state index is 0.384. The van der Waals surface area contributed by atoms with Gasteiger partial charge < -0.3 is 0 Å². The standard InChI is InChI=1S/C33H22N2/c1-2-8-21(9-3-1)23-16-19-30(34-20-23)35-29-15-5-4-12-24(29)27-18-17-26-25-13-6-10-22-11-7-14-28(31(22)25)32(26)33(27)35/h1-16,18-20,26H,17H2. The number of hydrogen-bond acceptors (Lipinski definition) is 1. The molecule has 8 rings (SSSR count). The minimum absolute atomic E-state index is 0.384. The van der Waals surface area contributed by atoms with Crippen molar-refractivity contribution in [2.24, 2.45) is 0 Å². The number of rotatable bonds is 2. The third-order valence-corrected chi connectivity index (χ3v) is 7.76. The smallest absolute Gasteiger partial charge is 0.137 e. The molecular weight excluding hydrogens is 424 g/mol. The average Bonchev–Trinajstić information content (AvgIpc) is 3.44. The van der Waals surface area contributed by atoms with Gasteiger partial charge in [0.25, 0.3) is 0 Å². The van der Waals surface area contributed by atoms with Crippen LogP contribution >= 0.6 is 0 Å². The summed E-state index contributed by atoms with van der Waals surface area (Å²) in [4.78, 5) is 5.00. The summed E-state index contributed by atoms with van der Waals surface area (Å²) in [5.74, 6) is 1.35. The molecule has 0 bridgehead atoms. The molecule has 0 amide bonds. The predicted molar refractivity (Wildman–Crippen MR) is 144 cm³/mol. The van der Waals surface area contributed by atoms with Crippen molar-refractivity contribution in [3.05, 3.63) is 131 Å². The molecule has 2 aliphatic rings. The van der Waals surface area contributed by atoms with Crippen LogP contribution in [0.1, 0.15) is 23.5 Å². The number of nitrogens with zero attached hydrogens (tertiary/aromatic N) is 2. The Labute approximate surface area is 203 Å². The molecule has 2 aromatic heterocycles. The zero-order valence-electron chi connectivity index (χ0n) is 19.1. The lowest BCUT2D eigenvalue weighted by Crippen LogP contribution is -2.35. The molecule has 4 aromatic carbocycles. The molecule has 35 heavy (non-hydrogen) atoms. The number of benzene rings is 4. The van der Waals surface area contributed by atoms with Crippen LogP contribution in [0.5, 0.6) is 0 Å². The molecule has 0 spiro atoms. The average molecular weight is 447 g/mol. The van der Waals surface area contributed by atoms with Gasteiger partial charge >= 0.3 is 0 Å². The molecule has 0 N–H and O–H groups in total. The van der Waals surface area contributed by atoms with Gasteiger partial charge in [0, 0.05) is 28.3 Å². The zero-order valence-corrected chi connectivity index (χ0v) is 19.1. The van der Waals surface area contributed by atoms with E-state index in [0.717, 1.165) is 17.8 Å². The van der Waals surface area contributed by atoms with Gasteiger partial charge in [0.2, 0.25) is 0 Å². The number of pyridine rings is 1. The Bertz CT molecular complexity index is 1900. The first-order valence-electron chi connectivity index (χ1n) is 12.3. The molecule has 164 valence electrons. The summed E-state index contributed by atoms with van der Waals surface area (Å²) in [6.45, 7) is 0. The lowest BCUT2D eigenvalue weighted by atomic mass is 9.88. The second-order valence-electron chi connectivity index (χ2n) is 9.54. The highest BCUT2D eigenvalue weighted by atomic mass is 15.1. The van der Waals surface area contributed by atoms with Crippen LogP contribution in [-0.2, 0) is 0 Å². The topological polar surface area (TPSA) is 17.8 Å². The Kier molecular flexibility index (Phi) is 3.81. The van der Waals surface area contributed by atoms with Crippen molar-refractivity contribution < 1.29 is 0 Å². The Morgan fingerprint density at radius 1 is 0.714 bits per heavy atom. The fourth-order valence-corrected chi connectivity index (χ4v) is 6.30. The Morgan fingerprint density at radius 2 is 1.54 bits per heavy atom. The van der Waals surface area contributed by atoms with Crippen molar-refractivity contribution in [3.63, 3.8) is 0 Å². The van der Waals surface area contributed by atoms with Crippen LogP contribution in [0.2, 0.25) is 0 Å². The molecule has 2 aliphatic carbocycles. The van der Waals surface area contributed by atoms with Crippen molar-refractivity contribution in [1.82, 2.24) is 9.55 Å². The second-order valence-corrected chi connectivity index (χ2v) is 9.54. The molecule has 2 heterocycles. The minimum Gasteiger partial charge on any atom is -0.293 e. The van der Waals surface area contributed by atoms with Gasteiger partial charge in [-0.3, -0.25) is 4.57 Å². The number of hydrogen-bond donors (Lipinski definition) is 0. The monoisotopic (exact) mass is 446 g/mol. The van der Waals surface area contributed by atoms with Crippen molar-refractivity contribution in [1.29, 1.82) is 0 Å². The van der Waals surface area contributed by atoms with Crippen molar-refractivity contribution in [3.8, 4) is 16.9 Å². The lowest BCUT2D eigenvalue weighted by molar-refractivity contribution is 0.891. The SMILES string of the molecule is C1=c2c(n(-c3ccc(-c4ccccc4)cn3)c3ccccc23)=C2c3cccc4cccc(c34)C2C1. The van der Waals surface area contributed by atoms with E-state index in [2.05, 4.69) is 108 Å². The van der Waals surface area contributed by atoms with Crippen LogP contribution in [0, 0.1) is 0 Å². The molecule has 0 saturated carbocycles. The largest absolute Gasteiger partial charge is 0.293 e. The van der Waals surface area contributed by atoms with E-state index in [1.54, 1.807) is 0 Å². The van der Waals surface area contributed by atoms with E-state index < -0.39 is 0 Å². The molecule has 2 heteroatoms. The first kappa shape index (κ1) is 18.9. The first-order chi connectivity index (χ1) is 17.4. The summed E-state index contributed by atoms with van der Waals surface area (Å²) >= 11 is 0. The third-order valence-electron chi connectivity index (χ3n) is 7.76. The molecule has 1 atom stereocenters. The van der Waals surface area contributed by atoms with Crippen LogP contribution in [0.15, 0.2) is 109 Å². The Morgan fingerprint density at radius 3 is 2.40 bits per heavy atom. The van der Waals surface area contributed by atoms with E-state index in [1.165, 1.54) is 54.5 Å². The number of fused-ring (bicyclic) bond motifs is 6. The number of aromatic nitrogens is 2. The molecule has 2 nitrogen and oxygen atoms in total. The van der Waals surface area contributed by atoms with Gasteiger partial charge in [-0.15, -0.1) is 0 Å². The summed E-state index contributed by atoms with van der Waals surface area (Å²) in [5, 5.41) is 6.68. The van der Waals surface area contributed by atoms with Gasteiger partial charge in [0.1, 0.15) is 5.82 Å². The maximum atomic E-state index is 5.00. The normalized spacial score (nSPS) is 15.8. The van der Waals surface area contributed by atoms with E-state index in [4.69, 9.17) is 4.98 Å². The lowest BCUT2D eigenvalue weighted by Gasteiger charge is -2.17. The Hall–Kier alpha value is -4.43. The summed E-state index contributed by atoms with van der Waals surface area (Å²) < 4.78 is 2.39. The van der Waals surface area contributed by atoms with E-state index >= 15 is 0 Å². The van der Waals surface area contributed by atoms with Gasteiger partial charge in [-0.1, -0.05) is 91.0 Å². The molecular formula is C33H22N2. The van der Waals surface area contributed by atoms with Crippen LogP contribution in [-0.4, -0.2) is 9.55 Å². The summed E-state index contributed by atoms with van der Waals surface area (Å²) in [7, 11) is 0. The fourth-order valence-electron chi connectivity index (χ4n) is 6.30. The van der Waals surface area contributed by atoms with Gasteiger partial charge in [-0.2, -0.15) is 0 Å². The molecule has 0 aliphatic heterocycles.